The number of methoxy groups -OCH3 is 1. The first kappa shape index (κ1) is 18.9. The number of carbonyl (C=O) groups is 1. The second-order valence-electron chi connectivity index (χ2n) is 6.64. The molecule has 2 heterocycles. The molecule has 3 aromatic rings. The van der Waals surface area contributed by atoms with Crippen LogP contribution in [0.1, 0.15) is 21.4 Å². The molecule has 1 aliphatic rings. The van der Waals surface area contributed by atoms with Gasteiger partial charge < -0.3 is 14.8 Å². The number of morpholine rings is 1. The summed E-state index contributed by atoms with van der Waals surface area (Å²) in [5.74, 6) is 0.676. The predicted octanol–water partition coefficient (Wildman–Crippen LogP) is 3.11. The van der Waals surface area contributed by atoms with Crippen LogP contribution in [0.25, 0.3) is 10.2 Å². The summed E-state index contributed by atoms with van der Waals surface area (Å²) in [6.07, 6.45) is 0. The first-order chi connectivity index (χ1) is 13.7. The minimum atomic E-state index is -0.137. The van der Waals surface area contributed by atoms with Crippen molar-refractivity contribution in [1.29, 1.82) is 0 Å². The molecule has 6 nitrogen and oxygen atoms in total. The molecule has 0 unspecified atom stereocenters. The lowest BCUT2D eigenvalue weighted by molar-refractivity contribution is 0.0162. The highest BCUT2D eigenvalue weighted by molar-refractivity contribution is 7.20. The average molecular weight is 398 g/mol. The molecule has 4 rings (SSSR count). The number of ether oxygens (including phenoxy) is 2. The van der Waals surface area contributed by atoms with Gasteiger partial charge in [0.1, 0.15) is 5.75 Å². The van der Waals surface area contributed by atoms with Crippen molar-refractivity contribution < 1.29 is 14.3 Å². The van der Waals surface area contributed by atoms with Gasteiger partial charge in [-0.3, -0.25) is 9.69 Å². The molecule has 7 heteroatoms. The first-order valence-corrected chi connectivity index (χ1v) is 10.2. The highest BCUT2D eigenvalue weighted by atomic mass is 32.1. The fraction of sp³-hybridized carbons (Fsp3) is 0.333. The molecule has 1 N–H and O–H groups in total. The summed E-state index contributed by atoms with van der Waals surface area (Å²) in [6.45, 7) is 3.57. The largest absolute Gasteiger partial charge is 0.497 e. The van der Waals surface area contributed by atoms with E-state index in [1.807, 2.05) is 42.5 Å². The van der Waals surface area contributed by atoms with Gasteiger partial charge in [-0.05, 0) is 29.8 Å². The molecule has 1 aromatic heterocycles. The van der Waals surface area contributed by atoms with E-state index < -0.39 is 0 Å². The normalized spacial score (nSPS) is 16.0. The summed E-state index contributed by atoms with van der Waals surface area (Å²) in [5, 5.41) is 3.57. The fourth-order valence-corrected chi connectivity index (χ4v) is 4.31. The Morgan fingerprint density at radius 3 is 2.86 bits per heavy atom. The Bertz CT molecular complexity index is 920. The second-order valence-corrected chi connectivity index (χ2v) is 7.67. The number of carbonyl (C=O) groups excluding carboxylic acids is 1. The summed E-state index contributed by atoms with van der Waals surface area (Å²) in [6, 6.07) is 15.9. The van der Waals surface area contributed by atoms with E-state index in [0.29, 0.717) is 24.8 Å². The van der Waals surface area contributed by atoms with Crippen LogP contribution in [0, 0.1) is 0 Å². The second kappa shape index (κ2) is 8.68. The number of benzene rings is 2. The zero-order valence-corrected chi connectivity index (χ0v) is 16.6. The molecular formula is C21H23N3O3S. The minimum Gasteiger partial charge on any atom is -0.497 e. The van der Waals surface area contributed by atoms with Crippen LogP contribution in [-0.2, 0) is 4.74 Å². The minimum absolute atomic E-state index is 0.0531. The molecule has 1 fully saturated rings. The molecule has 0 spiro atoms. The highest BCUT2D eigenvalue weighted by Gasteiger charge is 2.24. The van der Waals surface area contributed by atoms with Crippen molar-refractivity contribution >= 4 is 27.5 Å². The average Bonchev–Trinajstić information content (AvgIpc) is 3.19. The number of hydrogen-bond acceptors (Lipinski definition) is 6. The predicted molar refractivity (Wildman–Crippen MR) is 110 cm³/mol. The van der Waals surface area contributed by atoms with Crippen molar-refractivity contribution in [3.8, 4) is 5.75 Å². The van der Waals surface area contributed by atoms with Crippen molar-refractivity contribution in [2.75, 3.05) is 40.0 Å². The smallest absolute Gasteiger partial charge is 0.280 e. The molecular weight excluding hydrogens is 374 g/mol. The molecule has 0 bridgehead atoms. The Balaban J connectivity index is 1.52. The molecule has 1 atom stereocenters. The van der Waals surface area contributed by atoms with Crippen LogP contribution in [0.15, 0.2) is 48.5 Å². The fourth-order valence-electron chi connectivity index (χ4n) is 3.43. The number of rotatable bonds is 6. The molecule has 28 heavy (non-hydrogen) atoms. The monoisotopic (exact) mass is 397 g/mol. The van der Waals surface area contributed by atoms with Crippen molar-refractivity contribution in [1.82, 2.24) is 15.2 Å². The molecule has 146 valence electrons. The van der Waals surface area contributed by atoms with Gasteiger partial charge in [-0.25, -0.2) is 4.98 Å². The van der Waals surface area contributed by atoms with Gasteiger partial charge in [-0.15, -0.1) is 11.3 Å². The van der Waals surface area contributed by atoms with E-state index in [4.69, 9.17) is 9.47 Å². The van der Waals surface area contributed by atoms with Crippen molar-refractivity contribution in [2.24, 2.45) is 0 Å². The van der Waals surface area contributed by atoms with Gasteiger partial charge in [0.05, 0.1) is 36.6 Å². The lowest BCUT2D eigenvalue weighted by Crippen LogP contribution is -2.43. The maximum Gasteiger partial charge on any atom is 0.280 e. The third-order valence-corrected chi connectivity index (χ3v) is 5.94. The molecule has 0 aliphatic carbocycles. The maximum atomic E-state index is 12.7. The number of nitrogens with one attached hydrogen (secondary N) is 1. The Hall–Kier alpha value is -2.48. The Kier molecular flexibility index (Phi) is 5.85. The number of nitrogens with zero attached hydrogens (tertiary/aromatic N) is 2. The lowest BCUT2D eigenvalue weighted by atomic mass is 10.0. The van der Waals surface area contributed by atoms with Crippen LogP contribution in [-0.4, -0.2) is 55.7 Å². The Morgan fingerprint density at radius 1 is 1.25 bits per heavy atom. The lowest BCUT2D eigenvalue weighted by Gasteiger charge is -2.35. The first-order valence-electron chi connectivity index (χ1n) is 9.34. The number of thiazole rings is 1. The Morgan fingerprint density at radius 2 is 2.07 bits per heavy atom. The van der Waals surface area contributed by atoms with E-state index in [1.165, 1.54) is 11.3 Å². The zero-order valence-electron chi connectivity index (χ0n) is 15.8. The van der Waals surface area contributed by atoms with Crippen LogP contribution < -0.4 is 10.1 Å². The van der Waals surface area contributed by atoms with E-state index in [2.05, 4.69) is 21.3 Å². The molecule has 0 saturated carbocycles. The van der Waals surface area contributed by atoms with E-state index in [1.54, 1.807) is 7.11 Å². The number of fused-ring (bicyclic) bond motifs is 1. The summed E-state index contributed by atoms with van der Waals surface area (Å²) in [5.41, 5.74) is 1.97. The maximum absolute atomic E-state index is 12.7. The van der Waals surface area contributed by atoms with Gasteiger partial charge in [0.2, 0.25) is 0 Å². The molecule has 0 radical (unpaired) electrons. The zero-order chi connectivity index (χ0) is 19.3. The third kappa shape index (κ3) is 4.16. The molecule has 1 aliphatic heterocycles. The summed E-state index contributed by atoms with van der Waals surface area (Å²) in [4.78, 5) is 19.5. The SMILES string of the molecule is COc1cccc([C@@H](CNC(=O)c2nc3ccccc3s2)N2CCOCC2)c1. The van der Waals surface area contributed by atoms with E-state index >= 15 is 0 Å². The van der Waals surface area contributed by atoms with E-state index in [0.717, 1.165) is 34.6 Å². The van der Waals surface area contributed by atoms with E-state index in [9.17, 15) is 4.79 Å². The van der Waals surface area contributed by atoms with Crippen LogP contribution in [0.2, 0.25) is 0 Å². The van der Waals surface area contributed by atoms with Gasteiger partial charge in [0, 0.05) is 19.6 Å². The number of hydrogen-bond donors (Lipinski definition) is 1. The van der Waals surface area contributed by atoms with Crippen molar-refractivity contribution in [3.05, 3.63) is 59.1 Å². The number of amides is 1. The van der Waals surface area contributed by atoms with Crippen LogP contribution >= 0.6 is 11.3 Å². The molecule has 1 saturated heterocycles. The standard InChI is InChI=1S/C21H23N3O3S/c1-26-16-6-4-5-15(13-16)18(24-9-11-27-12-10-24)14-22-20(25)21-23-17-7-2-3-8-19(17)28-21/h2-8,13,18H,9-12,14H2,1H3,(H,22,25)/t18-/m1/s1. The van der Waals surface area contributed by atoms with E-state index in [-0.39, 0.29) is 11.9 Å². The topological polar surface area (TPSA) is 63.7 Å². The quantitative estimate of drug-likeness (QED) is 0.692. The Labute approximate surface area is 168 Å². The van der Waals surface area contributed by atoms with Crippen LogP contribution in [0.3, 0.4) is 0 Å². The van der Waals surface area contributed by atoms with Gasteiger partial charge in [-0.1, -0.05) is 24.3 Å². The van der Waals surface area contributed by atoms with Gasteiger partial charge in [0.15, 0.2) is 5.01 Å². The van der Waals surface area contributed by atoms with Crippen molar-refractivity contribution in [3.63, 3.8) is 0 Å². The summed E-state index contributed by atoms with van der Waals surface area (Å²) < 4.78 is 11.9. The van der Waals surface area contributed by atoms with Gasteiger partial charge >= 0.3 is 0 Å². The van der Waals surface area contributed by atoms with Crippen molar-refractivity contribution in [2.45, 2.75) is 6.04 Å². The number of aromatic nitrogens is 1. The summed E-state index contributed by atoms with van der Waals surface area (Å²) >= 11 is 1.42. The number of para-hydroxylation sites is 1. The van der Waals surface area contributed by atoms with Gasteiger partial charge in [-0.2, -0.15) is 0 Å². The van der Waals surface area contributed by atoms with Crippen LogP contribution in [0.5, 0.6) is 5.75 Å². The van der Waals surface area contributed by atoms with Gasteiger partial charge in [0.25, 0.3) is 5.91 Å². The highest BCUT2D eigenvalue weighted by Crippen LogP contribution is 2.26. The van der Waals surface area contributed by atoms with Crippen LogP contribution in [0.4, 0.5) is 0 Å². The molecule has 2 aromatic carbocycles. The third-order valence-electron chi connectivity index (χ3n) is 4.91. The molecule has 1 amide bonds. The summed E-state index contributed by atoms with van der Waals surface area (Å²) in [7, 11) is 1.66.